The minimum atomic E-state index is 0. The van der Waals surface area contributed by atoms with Gasteiger partial charge < -0.3 is 10.1 Å². The number of nitrogens with one attached hydrogen (secondary N) is 1. The standard InChI is InChI=1S/C17H26N2O.ClH/c1-20-17-6-4-15(5-7-17)13-19-10-8-16(9-11-19)18-12-14-2-3-14;/h4-7,14,16,18H,2-3,8-13H2,1H3;1H. The maximum atomic E-state index is 5.20. The lowest BCUT2D eigenvalue weighted by atomic mass is 10.0. The number of methoxy groups -OCH3 is 1. The largest absolute Gasteiger partial charge is 0.497 e. The van der Waals surface area contributed by atoms with E-state index in [2.05, 4.69) is 34.5 Å². The first-order chi connectivity index (χ1) is 9.83. The SMILES string of the molecule is COc1ccc(CN2CCC(NCC3CC3)CC2)cc1.Cl. The number of hydrogen-bond acceptors (Lipinski definition) is 3. The quantitative estimate of drug-likeness (QED) is 0.874. The number of rotatable bonds is 6. The molecule has 2 fully saturated rings. The second-order valence-corrected chi connectivity index (χ2v) is 6.25. The van der Waals surface area contributed by atoms with Gasteiger partial charge in [-0.15, -0.1) is 12.4 Å². The number of halogens is 1. The molecule has 2 aliphatic rings. The van der Waals surface area contributed by atoms with Crippen LogP contribution < -0.4 is 10.1 Å². The van der Waals surface area contributed by atoms with Crippen molar-refractivity contribution in [1.29, 1.82) is 0 Å². The predicted molar refractivity (Wildman–Crippen MR) is 89.3 cm³/mol. The zero-order valence-corrected chi connectivity index (χ0v) is 13.7. The number of benzene rings is 1. The Labute approximate surface area is 134 Å². The molecule has 4 heteroatoms. The van der Waals surface area contributed by atoms with E-state index >= 15 is 0 Å². The second-order valence-electron chi connectivity index (χ2n) is 6.25. The summed E-state index contributed by atoms with van der Waals surface area (Å²) in [6, 6.07) is 9.22. The maximum absolute atomic E-state index is 5.20. The Bertz CT molecular complexity index is 411. The van der Waals surface area contributed by atoms with Gasteiger partial charge in [-0.05, 0) is 68.9 Å². The Morgan fingerprint density at radius 3 is 2.33 bits per heavy atom. The fourth-order valence-corrected chi connectivity index (χ4v) is 2.94. The third kappa shape index (κ3) is 5.17. The van der Waals surface area contributed by atoms with Crippen LogP contribution in [0.3, 0.4) is 0 Å². The average molecular weight is 311 g/mol. The van der Waals surface area contributed by atoms with Crippen LogP contribution in [-0.4, -0.2) is 37.7 Å². The summed E-state index contributed by atoms with van der Waals surface area (Å²) in [5.74, 6) is 1.93. The van der Waals surface area contributed by atoms with Gasteiger partial charge in [-0.25, -0.2) is 0 Å². The van der Waals surface area contributed by atoms with Gasteiger partial charge in [0.15, 0.2) is 0 Å². The van der Waals surface area contributed by atoms with Gasteiger partial charge >= 0.3 is 0 Å². The molecule has 1 N–H and O–H groups in total. The van der Waals surface area contributed by atoms with Crippen molar-refractivity contribution in [2.75, 3.05) is 26.7 Å². The summed E-state index contributed by atoms with van der Waals surface area (Å²) >= 11 is 0. The summed E-state index contributed by atoms with van der Waals surface area (Å²) < 4.78 is 5.20. The molecule has 118 valence electrons. The van der Waals surface area contributed by atoms with Gasteiger partial charge in [0.25, 0.3) is 0 Å². The van der Waals surface area contributed by atoms with E-state index < -0.39 is 0 Å². The topological polar surface area (TPSA) is 24.5 Å². The van der Waals surface area contributed by atoms with Crippen LogP contribution in [0.5, 0.6) is 5.75 Å². The molecule has 0 radical (unpaired) electrons. The molecule has 0 aromatic heterocycles. The van der Waals surface area contributed by atoms with Crippen molar-refractivity contribution in [2.45, 2.75) is 38.3 Å². The molecule has 1 aromatic rings. The van der Waals surface area contributed by atoms with E-state index in [9.17, 15) is 0 Å². The van der Waals surface area contributed by atoms with Crippen molar-refractivity contribution in [1.82, 2.24) is 10.2 Å². The molecule has 3 nitrogen and oxygen atoms in total. The second kappa shape index (κ2) is 8.02. The van der Waals surface area contributed by atoms with E-state index in [1.54, 1.807) is 7.11 Å². The molecule has 1 heterocycles. The summed E-state index contributed by atoms with van der Waals surface area (Å²) in [4.78, 5) is 2.57. The smallest absolute Gasteiger partial charge is 0.118 e. The highest BCUT2D eigenvalue weighted by atomic mass is 35.5. The molecule has 1 aromatic carbocycles. The van der Waals surface area contributed by atoms with Crippen molar-refractivity contribution in [3.8, 4) is 5.75 Å². The molecular weight excluding hydrogens is 284 g/mol. The van der Waals surface area contributed by atoms with Crippen LogP contribution in [-0.2, 0) is 6.54 Å². The zero-order chi connectivity index (χ0) is 13.8. The maximum Gasteiger partial charge on any atom is 0.118 e. The third-order valence-corrected chi connectivity index (χ3v) is 4.54. The van der Waals surface area contributed by atoms with Crippen LogP contribution in [0.4, 0.5) is 0 Å². The Balaban J connectivity index is 0.00000161. The highest BCUT2D eigenvalue weighted by Crippen LogP contribution is 2.28. The van der Waals surface area contributed by atoms with E-state index in [4.69, 9.17) is 4.74 Å². The first-order valence-corrected chi connectivity index (χ1v) is 7.92. The summed E-state index contributed by atoms with van der Waals surface area (Å²) in [7, 11) is 1.72. The van der Waals surface area contributed by atoms with Crippen molar-refractivity contribution >= 4 is 12.4 Å². The van der Waals surface area contributed by atoms with Gasteiger partial charge in [0.2, 0.25) is 0 Å². The number of hydrogen-bond donors (Lipinski definition) is 1. The lowest BCUT2D eigenvalue weighted by Gasteiger charge is -2.32. The average Bonchev–Trinajstić information content (AvgIpc) is 3.32. The number of ether oxygens (including phenoxy) is 1. The first-order valence-electron chi connectivity index (χ1n) is 7.92. The third-order valence-electron chi connectivity index (χ3n) is 4.54. The first kappa shape index (κ1) is 16.6. The number of likely N-dealkylation sites (tertiary alicyclic amines) is 1. The van der Waals surface area contributed by atoms with Crippen molar-refractivity contribution in [2.24, 2.45) is 5.92 Å². The molecule has 0 atom stereocenters. The molecule has 1 aliphatic carbocycles. The minimum absolute atomic E-state index is 0. The van der Waals surface area contributed by atoms with Crippen molar-refractivity contribution in [3.63, 3.8) is 0 Å². The molecule has 0 amide bonds. The van der Waals surface area contributed by atoms with E-state index in [1.807, 2.05) is 0 Å². The normalized spacial score (nSPS) is 20.0. The van der Waals surface area contributed by atoms with Crippen LogP contribution in [0, 0.1) is 5.92 Å². The Kier molecular flexibility index (Phi) is 6.34. The highest BCUT2D eigenvalue weighted by molar-refractivity contribution is 5.85. The molecule has 21 heavy (non-hydrogen) atoms. The fourth-order valence-electron chi connectivity index (χ4n) is 2.94. The summed E-state index contributed by atoms with van der Waals surface area (Å²) in [5, 5.41) is 3.74. The monoisotopic (exact) mass is 310 g/mol. The van der Waals surface area contributed by atoms with Crippen LogP contribution in [0.2, 0.25) is 0 Å². The Morgan fingerprint density at radius 2 is 1.76 bits per heavy atom. The zero-order valence-electron chi connectivity index (χ0n) is 12.9. The van der Waals surface area contributed by atoms with Crippen molar-refractivity contribution in [3.05, 3.63) is 29.8 Å². The van der Waals surface area contributed by atoms with Crippen LogP contribution in [0.15, 0.2) is 24.3 Å². The number of nitrogens with zero attached hydrogens (tertiary/aromatic N) is 1. The summed E-state index contributed by atoms with van der Waals surface area (Å²) in [6.45, 7) is 4.76. The van der Waals surface area contributed by atoms with Gasteiger partial charge in [-0.3, -0.25) is 4.90 Å². The van der Waals surface area contributed by atoms with Gasteiger partial charge in [0, 0.05) is 12.6 Å². The number of piperidine rings is 1. The van der Waals surface area contributed by atoms with E-state index in [1.165, 1.54) is 50.9 Å². The molecule has 3 rings (SSSR count). The Hall–Kier alpha value is -0.770. The van der Waals surface area contributed by atoms with Crippen LogP contribution >= 0.6 is 12.4 Å². The lowest BCUT2D eigenvalue weighted by Crippen LogP contribution is -2.42. The minimum Gasteiger partial charge on any atom is -0.497 e. The molecular formula is C17H27ClN2O. The van der Waals surface area contributed by atoms with Gasteiger partial charge in [0.05, 0.1) is 7.11 Å². The Morgan fingerprint density at radius 1 is 1.10 bits per heavy atom. The molecule has 1 saturated heterocycles. The van der Waals surface area contributed by atoms with E-state index in [0.29, 0.717) is 0 Å². The van der Waals surface area contributed by atoms with Crippen LogP contribution in [0.1, 0.15) is 31.2 Å². The molecule has 1 aliphatic heterocycles. The summed E-state index contributed by atoms with van der Waals surface area (Å²) in [5.41, 5.74) is 1.38. The van der Waals surface area contributed by atoms with Crippen LogP contribution in [0.25, 0.3) is 0 Å². The van der Waals surface area contributed by atoms with Gasteiger partial charge in [0.1, 0.15) is 5.75 Å². The van der Waals surface area contributed by atoms with E-state index in [-0.39, 0.29) is 12.4 Å². The lowest BCUT2D eigenvalue weighted by molar-refractivity contribution is 0.190. The molecule has 0 spiro atoms. The summed E-state index contributed by atoms with van der Waals surface area (Å²) in [6.07, 6.45) is 5.48. The fraction of sp³-hybridized carbons (Fsp3) is 0.647. The van der Waals surface area contributed by atoms with Crippen molar-refractivity contribution < 1.29 is 4.74 Å². The van der Waals surface area contributed by atoms with Gasteiger partial charge in [-0.1, -0.05) is 12.1 Å². The van der Waals surface area contributed by atoms with Gasteiger partial charge in [-0.2, -0.15) is 0 Å². The molecule has 0 unspecified atom stereocenters. The predicted octanol–water partition coefficient (Wildman–Crippen LogP) is 3.08. The molecule has 0 bridgehead atoms. The highest BCUT2D eigenvalue weighted by Gasteiger charge is 2.24. The molecule has 1 saturated carbocycles. The van der Waals surface area contributed by atoms with E-state index in [0.717, 1.165) is 24.3 Å².